The van der Waals surface area contributed by atoms with Gasteiger partial charge in [0.15, 0.2) is 5.78 Å². The van der Waals surface area contributed by atoms with E-state index >= 15 is 0 Å². The van der Waals surface area contributed by atoms with E-state index in [1.807, 2.05) is 13.8 Å². The molecule has 0 aliphatic rings. The van der Waals surface area contributed by atoms with Crippen molar-refractivity contribution in [3.05, 3.63) is 29.6 Å². The fraction of sp³-hybridized carbons (Fsp3) is 0.429. The number of benzene rings is 1. The van der Waals surface area contributed by atoms with Crippen LogP contribution in [0, 0.1) is 11.7 Å². The molecule has 5 heteroatoms. The third kappa shape index (κ3) is 5.42. The van der Waals surface area contributed by atoms with E-state index in [1.54, 1.807) is 6.07 Å². The molecule has 19 heavy (non-hydrogen) atoms. The Kier molecular flexibility index (Phi) is 6.02. The van der Waals surface area contributed by atoms with Gasteiger partial charge >= 0.3 is 0 Å². The highest BCUT2D eigenvalue weighted by molar-refractivity contribution is 8.00. The molecule has 0 saturated carbocycles. The molecule has 1 aromatic carbocycles. The Hall–Kier alpha value is -1.36. The molecule has 0 radical (unpaired) electrons. The molecule has 0 bridgehead atoms. The maximum absolute atomic E-state index is 13.7. The maximum Gasteiger partial charge on any atom is 0.230 e. The standard InChI is InChI=1S/C14H18FNO2S/c1-9(2)7-16-14(18)8-19-13-5-4-11(10(3)17)6-12(13)15/h4-6,9H,7-8H2,1-3H3,(H,16,18). The van der Waals surface area contributed by atoms with Crippen molar-refractivity contribution in [2.24, 2.45) is 5.92 Å². The summed E-state index contributed by atoms with van der Waals surface area (Å²) >= 11 is 1.13. The number of hydrogen-bond donors (Lipinski definition) is 1. The zero-order chi connectivity index (χ0) is 14.4. The zero-order valence-electron chi connectivity index (χ0n) is 11.3. The van der Waals surface area contributed by atoms with Gasteiger partial charge in [-0.05, 0) is 25.0 Å². The van der Waals surface area contributed by atoms with Crippen LogP contribution < -0.4 is 5.32 Å². The summed E-state index contributed by atoms with van der Waals surface area (Å²) in [5.74, 6) is -0.197. The minimum absolute atomic E-state index is 0.117. The maximum atomic E-state index is 13.7. The molecule has 1 amide bonds. The molecule has 0 unspecified atom stereocenters. The van der Waals surface area contributed by atoms with E-state index in [0.717, 1.165) is 11.8 Å². The van der Waals surface area contributed by atoms with Crippen LogP contribution in [0.3, 0.4) is 0 Å². The number of nitrogens with one attached hydrogen (secondary N) is 1. The molecular formula is C14H18FNO2S. The van der Waals surface area contributed by atoms with Crippen molar-refractivity contribution in [1.82, 2.24) is 5.32 Å². The predicted molar refractivity (Wildman–Crippen MR) is 75.0 cm³/mol. The largest absolute Gasteiger partial charge is 0.355 e. The molecule has 0 atom stereocenters. The third-order valence-electron chi connectivity index (χ3n) is 2.40. The first-order valence-electron chi connectivity index (χ1n) is 6.10. The summed E-state index contributed by atoms with van der Waals surface area (Å²) in [7, 11) is 0. The normalized spacial score (nSPS) is 10.6. The van der Waals surface area contributed by atoms with Crippen LogP contribution in [0.15, 0.2) is 23.1 Å². The first kappa shape index (κ1) is 15.7. The summed E-state index contributed by atoms with van der Waals surface area (Å²) < 4.78 is 13.7. The fourth-order valence-corrected chi connectivity index (χ4v) is 2.10. The van der Waals surface area contributed by atoms with E-state index in [4.69, 9.17) is 0 Å². The molecule has 1 rings (SSSR count). The molecule has 0 heterocycles. The summed E-state index contributed by atoms with van der Waals surface area (Å²) in [6.45, 7) is 6.02. The highest BCUT2D eigenvalue weighted by Gasteiger charge is 2.09. The third-order valence-corrected chi connectivity index (χ3v) is 3.45. The van der Waals surface area contributed by atoms with Crippen LogP contribution in [0.4, 0.5) is 4.39 Å². The first-order chi connectivity index (χ1) is 8.90. The molecule has 0 aliphatic carbocycles. The van der Waals surface area contributed by atoms with E-state index in [0.29, 0.717) is 22.9 Å². The highest BCUT2D eigenvalue weighted by Crippen LogP contribution is 2.22. The lowest BCUT2D eigenvalue weighted by atomic mass is 10.1. The number of thioether (sulfide) groups is 1. The Morgan fingerprint density at radius 3 is 2.58 bits per heavy atom. The van der Waals surface area contributed by atoms with E-state index in [1.165, 1.54) is 19.1 Å². The van der Waals surface area contributed by atoms with Gasteiger partial charge in [-0.15, -0.1) is 11.8 Å². The number of hydrogen-bond acceptors (Lipinski definition) is 3. The molecule has 0 fully saturated rings. The second-order valence-corrected chi connectivity index (χ2v) is 5.71. The molecule has 1 N–H and O–H groups in total. The first-order valence-corrected chi connectivity index (χ1v) is 7.08. The minimum atomic E-state index is -0.464. The van der Waals surface area contributed by atoms with Crippen LogP contribution >= 0.6 is 11.8 Å². The lowest BCUT2D eigenvalue weighted by Gasteiger charge is -2.08. The van der Waals surface area contributed by atoms with Gasteiger partial charge in [0.1, 0.15) is 5.82 Å². The van der Waals surface area contributed by atoms with Crippen molar-refractivity contribution in [3.63, 3.8) is 0 Å². The Morgan fingerprint density at radius 2 is 2.05 bits per heavy atom. The van der Waals surface area contributed by atoms with Crippen molar-refractivity contribution in [3.8, 4) is 0 Å². The monoisotopic (exact) mass is 283 g/mol. The van der Waals surface area contributed by atoms with Crippen LogP contribution in [-0.4, -0.2) is 24.0 Å². The van der Waals surface area contributed by atoms with E-state index in [2.05, 4.69) is 5.32 Å². The molecule has 0 aromatic heterocycles. The Balaban J connectivity index is 2.54. The van der Waals surface area contributed by atoms with Crippen LogP contribution in [-0.2, 0) is 4.79 Å². The van der Waals surface area contributed by atoms with Gasteiger partial charge in [-0.1, -0.05) is 19.9 Å². The van der Waals surface area contributed by atoms with Gasteiger partial charge in [-0.2, -0.15) is 0 Å². The van der Waals surface area contributed by atoms with Crippen molar-refractivity contribution < 1.29 is 14.0 Å². The molecule has 3 nitrogen and oxygen atoms in total. The zero-order valence-corrected chi connectivity index (χ0v) is 12.1. The van der Waals surface area contributed by atoms with Gasteiger partial charge in [0.2, 0.25) is 5.91 Å². The van der Waals surface area contributed by atoms with E-state index < -0.39 is 5.82 Å². The van der Waals surface area contributed by atoms with Crippen LogP contribution in [0.2, 0.25) is 0 Å². The smallest absolute Gasteiger partial charge is 0.230 e. The summed E-state index contributed by atoms with van der Waals surface area (Å²) in [5, 5.41) is 2.77. The number of amides is 1. The average Bonchev–Trinajstić information content (AvgIpc) is 2.34. The number of Topliss-reactive ketones (excluding diaryl/α,β-unsaturated/α-hetero) is 1. The van der Waals surface area contributed by atoms with Crippen molar-refractivity contribution >= 4 is 23.5 Å². The number of carbonyl (C=O) groups excluding carboxylic acids is 2. The quantitative estimate of drug-likeness (QED) is 0.645. The summed E-state index contributed by atoms with van der Waals surface area (Å²) in [6, 6.07) is 4.31. The summed E-state index contributed by atoms with van der Waals surface area (Å²) in [5.41, 5.74) is 0.339. The van der Waals surface area contributed by atoms with E-state index in [-0.39, 0.29) is 17.4 Å². The lowest BCUT2D eigenvalue weighted by Crippen LogP contribution is -2.28. The molecule has 0 saturated heterocycles. The SMILES string of the molecule is CC(=O)c1ccc(SCC(=O)NCC(C)C)c(F)c1. The van der Waals surface area contributed by atoms with Gasteiger partial charge in [0.25, 0.3) is 0 Å². The van der Waals surface area contributed by atoms with Gasteiger partial charge in [-0.25, -0.2) is 4.39 Å². The number of rotatable bonds is 6. The number of carbonyl (C=O) groups is 2. The molecule has 0 spiro atoms. The molecular weight excluding hydrogens is 265 g/mol. The Bertz CT molecular complexity index is 475. The number of halogens is 1. The van der Waals surface area contributed by atoms with Crippen LogP contribution in [0.5, 0.6) is 0 Å². The Morgan fingerprint density at radius 1 is 1.37 bits per heavy atom. The van der Waals surface area contributed by atoms with Gasteiger partial charge in [0, 0.05) is 17.0 Å². The van der Waals surface area contributed by atoms with Gasteiger partial charge in [-0.3, -0.25) is 9.59 Å². The Labute approximate surface area is 117 Å². The second kappa shape index (κ2) is 7.28. The molecule has 104 valence electrons. The molecule has 0 aliphatic heterocycles. The van der Waals surface area contributed by atoms with Crippen LogP contribution in [0.25, 0.3) is 0 Å². The average molecular weight is 283 g/mol. The minimum Gasteiger partial charge on any atom is -0.355 e. The lowest BCUT2D eigenvalue weighted by molar-refractivity contribution is -0.118. The second-order valence-electron chi connectivity index (χ2n) is 4.69. The van der Waals surface area contributed by atoms with E-state index in [9.17, 15) is 14.0 Å². The topological polar surface area (TPSA) is 46.2 Å². The van der Waals surface area contributed by atoms with Crippen molar-refractivity contribution in [2.45, 2.75) is 25.7 Å². The number of ketones is 1. The summed E-state index contributed by atoms with van der Waals surface area (Å²) in [4.78, 5) is 23.0. The predicted octanol–water partition coefficient (Wildman–Crippen LogP) is 2.89. The van der Waals surface area contributed by atoms with Crippen molar-refractivity contribution in [1.29, 1.82) is 0 Å². The fourth-order valence-electron chi connectivity index (χ4n) is 1.35. The highest BCUT2D eigenvalue weighted by atomic mass is 32.2. The van der Waals surface area contributed by atoms with Gasteiger partial charge in [0.05, 0.1) is 5.75 Å². The molecule has 1 aromatic rings. The van der Waals surface area contributed by atoms with Crippen LogP contribution in [0.1, 0.15) is 31.1 Å². The van der Waals surface area contributed by atoms with Gasteiger partial charge < -0.3 is 5.32 Å². The van der Waals surface area contributed by atoms with Crippen molar-refractivity contribution in [2.75, 3.05) is 12.3 Å². The summed E-state index contributed by atoms with van der Waals surface area (Å²) in [6.07, 6.45) is 0.